The Morgan fingerprint density at radius 3 is 2.39 bits per heavy atom. The number of halogens is 1. The Kier molecular flexibility index (Phi) is 5.39. The number of nitrogens with two attached hydrogens (primary N) is 1. The van der Waals surface area contributed by atoms with Crippen molar-refractivity contribution in [2.24, 2.45) is 5.73 Å². The molecule has 0 bridgehead atoms. The first-order chi connectivity index (χ1) is 10.9. The molecule has 5 nitrogen and oxygen atoms in total. The average molecular weight is 377 g/mol. The van der Waals surface area contributed by atoms with Crippen LogP contribution in [0.3, 0.4) is 0 Å². The number of amides is 2. The number of hydrogen-bond acceptors (Lipinski definition) is 3. The normalized spacial score (nSPS) is 11.6. The topological polar surface area (TPSA) is 81.4 Å². The van der Waals surface area contributed by atoms with E-state index < -0.39 is 12.0 Å². The fraction of sp³-hybridized carbons (Fsp3) is 0.176. The second-order valence-electron chi connectivity index (χ2n) is 5.12. The van der Waals surface area contributed by atoms with E-state index in [-0.39, 0.29) is 5.91 Å². The zero-order valence-electron chi connectivity index (χ0n) is 12.8. The van der Waals surface area contributed by atoms with E-state index in [4.69, 9.17) is 10.5 Å². The van der Waals surface area contributed by atoms with Crippen molar-refractivity contribution < 1.29 is 14.3 Å². The minimum atomic E-state index is -0.692. The molecule has 0 aliphatic carbocycles. The summed E-state index contributed by atoms with van der Waals surface area (Å²) in [5.41, 5.74) is 7.33. The van der Waals surface area contributed by atoms with Gasteiger partial charge in [-0.05, 0) is 71.7 Å². The van der Waals surface area contributed by atoms with Gasteiger partial charge >= 0.3 is 0 Å². The molecule has 0 aliphatic heterocycles. The van der Waals surface area contributed by atoms with E-state index in [0.29, 0.717) is 17.0 Å². The Morgan fingerprint density at radius 1 is 1.17 bits per heavy atom. The summed E-state index contributed by atoms with van der Waals surface area (Å²) >= 11 is 3.41. The molecule has 0 aliphatic rings. The number of nitrogens with one attached hydrogen (secondary N) is 1. The molecule has 2 aromatic rings. The Balaban J connectivity index is 2.00. The quantitative estimate of drug-likeness (QED) is 0.839. The standard InChI is InChI=1S/C17H17BrN2O3/c1-10-3-8-15(14(18)9-10)20-17(22)11(2)23-13-6-4-12(5-7-13)16(19)21/h3-9,11H,1-2H3,(H2,19,21)(H,20,22)/t11-/m0/s1. The van der Waals surface area contributed by atoms with E-state index in [2.05, 4.69) is 21.2 Å². The second-order valence-corrected chi connectivity index (χ2v) is 5.98. The maximum Gasteiger partial charge on any atom is 0.265 e. The highest BCUT2D eigenvalue weighted by atomic mass is 79.9. The van der Waals surface area contributed by atoms with Crippen LogP contribution in [0.15, 0.2) is 46.9 Å². The van der Waals surface area contributed by atoms with E-state index in [0.717, 1.165) is 10.0 Å². The van der Waals surface area contributed by atoms with Gasteiger partial charge in [-0.1, -0.05) is 6.07 Å². The summed E-state index contributed by atoms with van der Waals surface area (Å²) < 4.78 is 6.38. The fourth-order valence-electron chi connectivity index (χ4n) is 1.91. The molecule has 3 N–H and O–H groups in total. The second kappa shape index (κ2) is 7.28. The zero-order valence-corrected chi connectivity index (χ0v) is 14.4. The summed E-state index contributed by atoms with van der Waals surface area (Å²) in [4.78, 5) is 23.2. The van der Waals surface area contributed by atoms with Gasteiger partial charge in [-0.3, -0.25) is 9.59 Å². The van der Waals surface area contributed by atoms with E-state index in [1.807, 2.05) is 25.1 Å². The van der Waals surface area contributed by atoms with Crippen molar-refractivity contribution >= 4 is 33.4 Å². The number of ether oxygens (including phenoxy) is 1. The van der Waals surface area contributed by atoms with Gasteiger partial charge in [0.2, 0.25) is 5.91 Å². The summed E-state index contributed by atoms with van der Waals surface area (Å²) in [6.07, 6.45) is -0.692. The number of rotatable bonds is 5. The van der Waals surface area contributed by atoms with Crippen LogP contribution in [0.4, 0.5) is 5.69 Å². The Labute approximate surface area is 143 Å². The lowest BCUT2D eigenvalue weighted by atomic mass is 10.2. The number of primary amides is 1. The lowest BCUT2D eigenvalue weighted by Crippen LogP contribution is -2.30. The molecule has 2 aromatic carbocycles. The van der Waals surface area contributed by atoms with Crippen LogP contribution in [0.2, 0.25) is 0 Å². The maximum atomic E-state index is 12.2. The highest BCUT2D eigenvalue weighted by molar-refractivity contribution is 9.10. The van der Waals surface area contributed by atoms with Crippen LogP contribution < -0.4 is 15.8 Å². The Hall–Kier alpha value is -2.34. The van der Waals surface area contributed by atoms with Crippen molar-refractivity contribution in [1.29, 1.82) is 0 Å². The lowest BCUT2D eigenvalue weighted by Gasteiger charge is -2.15. The SMILES string of the molecule is Cc1ccc(NC(=O)[C@H](C)Oc2ccc(C(N)=O)cc2)c(Br)c1. The van der Waals surface area contributed by atoms with Gasteiger partial charge in [0.15, 0.2) is 6.10 Å². The number of aryl methyl sites for hydroxylation is 1. The first-order valence-electron chi connectivity index (χ1n) is 7.00. The lowest BCUT2D eigenvalue weighted by molar-refractivity contribution is -0.122. The van der Waals surface area contributed by atoms with E-state index in [1.165, 1.54) is 0 Å². The molecule has 120 valence electrons. The molecule has 1 atom stereocenters. The predicted molar refractivity (Wildman–Crippen MR) is 92.6 cm³/mol. The molecule has 0 spiro atoms. The molecule has 0 saturated heterocycles. The maximum absolute atomic E-state index is 12.2. The largest absolute Gasteiger partial charge is 0.481 e. The predicted octanol–water partition coefficient (Wildman–Crippen LogP) is 3.26. The molecule has 0 unspecified atom stereocenters. The summed E-state index contributed by atoms with van der Waals surface area (Å²) in [5, 5.41) is 2.80. The molecule has 23 heavy (non-hydrogen) atoms. The molecule has 0 heterocycles. The molecule has 0 aromatic heterocycles. The number of carbonyl (C=O) groups is 2. The molecule has 6 heteroatoms. The highest BCUT2D eigenvalue weighted by Crippen LogP contribution is 2.24. The van der Waals surface area contributed by atoms with Crippen molar-refractivity contribution in [3.05, 3.63) is 58.1 Å². The first kappa shape index (κ1) is 17.0. The van der Waals surface area contributed by atoms with Gasteiger partial charge in [-0.2, -0.15) is 0 Å². The van der Waals surface area contributed by atoms with Gasteiger partial charge in [0.1, 0.15) is 5.75 Å². The van der Waals surface area contributed by atoms with Crippen LogP contribution in [0, 0.1) is 6.92 Å². The summed E-state index contributed by atoms with van der Waals surface area (Å²) in [6, 6.07) is 12.0. The third-order valence-corrected chi connectivity index (χ3v) is 3.86. The van der Waals surface area contributed by atoms with Crippen molar-refractivity contribution in [2.45, 2.75) is 20.0 Å². The molecule has 0 radical (unpaired) electrons. The summed E-state index contributed by atoms with van der Waals surface area (Å²) in [5.74, 6) is -0.291. The monoisotopic (exact) mass is 376 g/mol. The van der Waals surface area contributed by atoms with Crippen LogP contribution in [0.25, 0.3) is 0 Å². The zero-order chi connectivity index (χ0) is 17.0. The Morgan fingerprint density at radius 2 is 1.83 bits per heavy atom. The van der Waals surface area contributed by atoms with Crippen LogP contribution in [0.1, 0.15) is 22.8 Å². The number of carbonyl (C=O) groups excluding carboxylic acids is 2. The average Bonchev–Trinajstić information content (AvgIpc) is 2.50. The Bertz CT molecular complexity index is 729. The summed E-state index contributed by atoms with van der Waals surface area (Å²) in [7, 11) is 0. The minimum absolute atomic E-state index is 0.270. The van der Waals surface area contributed by atoms with Crippen molar-refractivity contribution in [1.82, 2.24) is 0 Å². The van der Waals surface area contributed by atoms with Crippen LogP contribution in [-0.4, -0.2) is 17.9 Å². The van der Waals surface area contributed by atoms with E-state index in [9.17, 15) is 9.59 Å². The van der Waals surface area contributed by atoms with E-state index in [1.54, 1.807) is 31.2 Å². The number of benzene rings is 2. The highest BCUT2D eigenvalue weighted by Gasteiger charge is 2.16. The number of hydrogen-bond donors (Lipinski definition) is 2. The van der Waals surface area contributed by atoms with Gasteiger partial charge in [0, 0.05) is 10.0 Å². The first-order valence-corrected chi connectivity index (χ1v) is 7.79. The number of anilines is 1. The van der Waals surface area contributed by atoms with Crippen LogP contribution >= 0.6 is 15.9 Å². The fourth-order valence-corrected chi connectivity index (χ4v) is 2.50. The van der Waals surface area contributed by atoms with Crippen molar-refractivity contribution in [3.63, 3.8) is 0 Å². The van der Waals surface area contributed by atoms with Crippen LogP contribution in [0.5, 0.6) is 5.75 Å². The third kappa shape index (κ3) is 4.56. The van der Waals surface area contributed by atoms with Crippen molar-refractivity contribution in [2.75, 3.05) is 5.32 Å². The van der Waals surface area contributed by atoms with Gasteiger partial charge in [0.25, 0.3) is 5.91 Å². The molecule has 2 amide bonds. The van der Waals surface area contributed by atoms with Gasteiger partial charge in [-0.25, -0.2) is 0 Å². The van der Waals surface area contributed by atoms with Crippen molar-refractivity contribution in [3.8, 4) is 5.75 Å². The minimum Gasteiger partial charge on any atom is -0.481 e. The molecule has 0 saturated carbocycles. The summed E-state index contributed by atoms with van der Waals surface area (Å²) in [6.45, 7) is 3.62. The molecule has 2 rings (SSSR count). The molecular weight excluding hydrogens is 360 g/mol. The van der Waals surface area contributed by atoms with Gasteiger partial charge < -0.3 is 15.8 Å². The van der Waals surface area contributed by atoms with Crippen LogP contribution in [-0.2, 0) is 4.79 Å². The van der Waals surface area contributed by atoms with Gasteiger partial charge in [0.05, 0.1) is 5.69 Å². The van der Waals surface area contributed by atoms with Gasteiger partial charge in [-0.15, -0.1) is 0 Å². The van der Waals surface area contributed by atoms with E-state index >= 15 is 0 Å². The molecular formula is C17H17BrN2O3. The smallest absolute Gasteiger partial charge is 0.265 e. The third-order valence-electron chi connectivity index (χ3n) is 3.20. The molecule has 0 fully saturated rings.